The van der Waals surface area contributed by atoms with Crippen molar-refractivity contribution >= 4 is 11.6 Å². The van der Waals surface area contributed by atoms with E-state index < -0.39 is 17.5 Å². The number of rotatable bonds is 4. The van der Waals surface area contributed by atoms with Gasteiger partial charge in [0.15, 0.2) is 0 Å². The summed E-state index contributed by atoms with van der Waals surface area (Å²) in [6, 6.07) is 3.46. The second-order valence-corrected chi connectivity index (χ2v) is 4.56. The predicted molar refractivity (Wildman–Crippen MR) is 60.6 cm³/mol. The largest absolute Gasteiger partial charge is 0.320 e. The molecule has 0 unspecified atom stereocenters. The Bertz CT molecular complexity index is 424. The highest BCUT2D eigenvalue weighted by Gasteiger charge is 2.36. The van der Waals surface area contributed by atoms with Crippen molar-refractivity contribution in [2.75, 3.05) is 11.9 Å². The Hall–Kier alpha value is -1.49. The summed E-state index contributed by atoms with van der Waals surface area (Å²) in [5, 5.41) is 5.26. The highest BCUT2D eigenvalue weighted by molar-refractivity contribution is 5.92. The van der Waals surface area contributed by atoms with Crippen LogP contribution in [0, 0.1) is 11.6 Å². The fourth-order valence-corrected chi connectivity index (χ4v) is 1.46. The zero-order chi connectivity index (χ0) is 12.5. The summed E-state index contributed by atoms with van der Waals surface area (Å²) < 4.78 is 26.4. The molecular formula is C12H14F2N2O. The van der Waals surface area contributed by atoms with Crippen LogP contribution in [0.2, 0.25) is 0 Å². The molecule has 0 aliphatic heterocycles. The third kappa shape index (κ3) is 3.00. The molecule has 1 saturated carbocycles. The third-order valence-corrected chi connectivity index (χ3v) is 2.90. The van der Waals surface area contributed by atoms with Gasteiger partial charge in [0.25, 0.3) is 0 Å². The molecule has 1 aliphatic carbocycles. The summed E-state index contributed by atoms with van der Waals surface area (Å²) in [5.74, 6) is -1.98. The quantitative estimate of drug-likeness (QED) is 0.845. The van der Waals surface area contributed by atoms with E-state index in [1.807, 2.05) is 6.92 Å². The van der Waals surface area contributed by atoms with Crippen molar-refractivity contribution in [3.63, 3.8) is 0 Å². The van der Waals surface area contributed by atoms with Gasteiger partial charge in [0.2, 0.25) is 5.91 Å². The summed E-state index contributed by atoms with van der Waals surface area (Å²) in [6.07, 6.45) is 2.04. The number of carbonyl (C=O) groups is 1. The van der Waals surface area contributed by atoms with Crippen molar-refractivity contribution < 1.29 is 13.6 Å². The zero-order valence-corrected chi connectivity index (χ0v) is 9.52. The Morgan fingerprint density at radius 3 is 2.47 bits per heavy atom. The molecule has 1 fully saturated rings. The van der Waals surface area contributed by atoms with Crippen molar-refractivity contribution in [3.05, 3.63) is 29.8 Å². The van der Waals surface area contributed by atoms with Crippen LogP contribution in [-0.2, 0) is 4.79 Å². The van der Waals surface area contributed by atoms with E-state index in [-0.39, 0.29) is 17.8 Å². The van der Waals surface area contributed by atoms with Crippen LogP contribution < -0.4 is 10.6 Å². The van der Waals surface area contributed by atoms with E-state index in [1.54, 1.807) is 0 Å². The van der Waals surface area contributed by atoms with Gasteiger partial charge in [-0.05, 0) is 31.9 Å². The molecule has 1 aliphatic rings. The Labute approximate surface area is 98.2 Å². The van der Waals surface area contributed by atoms with Gasteiger partial charge in [0.05, 0.1) is 6.54 Å². The Morgan fingerprint density at radius 2 is 1.94 bits per heavy atom. The van der Waals surface area contributed by atoms with Crippen LogP contribution in [0.25, 0.3) is 0 Å². The summed E-state index contributed by atoms with van der Waals surface area (Å²) in [4.78, 5) is 11.5. The molecule has 0 aromatic heterocycles. The van der Waals surface area contributed by atoms with Crippen LogP contribution in [0.4, 0.5) is 14.5 Å². The Balaban J connectivity index is 1.93. The first-order valence-electron chi connectivity index (χ1n) is 5.49. The molecule has 0 atom stereocenters. The van der Waals surface area contributed by atoms with Crippen molar-refractivity contribution in [3.8, 4) is 0 Å². The topological polar surface area (TPSA) is 41.1 Å². The lowest BCUT2D eigenvalue weighted by molar-refractivity contribution is -0.115. The number of halogens is 2. The molecular weight excluding hydrogens is 226 g/mol. The van der Waals surface area contributed by atoms with Gasteiger partial charge in [-0.25, -0.2) is 8.78 Å². The van der Waals surface area contributed by atoms with Crippen molar-refractivity contribution in [2.45, 2.75) is 25.3 Å². The van der Waals surface area contributed by atoms with Gasteiger partial charge < -0.3 is 10.6 Å². The fourth-order valence-electron chi connectivity index (χ4n) is 1.46. The number of benzene rings is 1. The molecule has 92 valence electrons. The maximum atomic E-state index is 13.2. The maximum Gasteiger partial charge on any atom is 0.238 e. The normalized spacial score (nSPS) is 16.6. The van der Waals surface area contributed by atoms with Crippen LogP contribution >= 0.6 is 0 Å². The van der Waals surface area contributed by atoms with Crippen LogP contribution in [0.15, 0.2) is 18.2 Å². The molecule has 3 nitrogen and oxygen atoms in total. The van der Waals surface area contributed by atoms with Crippen molar-refractivity contribution in [1.29, 1.82) is 0 Å². The second-order valence-electron chi connectivity index (χ2n) is 4.56. The average Bonchev–Trinajstić information content (AvgIpc) is 3.00. The molecule has 0 radical (unpaired) electrons. The van der Waals surface area contributed by atoms with Crippen LogP contribution in [-0.4, -0.2) is 18.0 Å². The summed E-state index contributed by atoms with van der Waals surface area (Å²) in [5.41, 5.74) is -0.370. The van der Waals surface area contributed by atoms with E-state index in [2.05, 4.69) is 10.6 Å². The van der Waals surface area contributed by atoms with Crippen molar-refractivity contribution in [1.82, 2.24) is 5.32 Å². The molecule has 2 N–H and O–H groups in total. The lowest BCUT2D eigenvalue weighted by atomic mass is 10.3. The number of anilines is 1. The first kappa shape index (κ1) is 12.0. The molecule has 0 bridgehead atoms. The zero-order valence-electron chi connectivity index (χ0n) is 9.52. The van der Waals surface area contributed by atoms with Gasteiger partial charge in [-0.15, -0.1) is 0 Å². The van der Waals surface area contributed by atoms with E-state index in [9.17, 15) is 13.6 Å². The van der Waals surface area contributed by atoms with Crippen LogP contribution in [0.5, 0.6) is 0 Å². The van der Waals surface area contributed by atoms with Gasteiger partial charge in [-0.2, -0.15) is 0 Å². The molecule has 1 aromatic rings. The first-order valence-corrected chi connectivity index (χ1v) is 5.49. The Morgan fingerprint density at radius 1 is 1.35 bits per heavy atom. The predicted octanol–water partition coefficient (Wildman–Crippen LogP) is 2.05. The number of para-hydroxylation sites is 1. The number of amides is 1. The number of nitrogens with one attached hydrogen (secondary N) is 2. The van der Waals surface area contributed by atoms with E-state index in [0.717, 1.165) is 25.0 Å². The smallest absolute Gasteiger partial charge is 0.238 e. The Kier molecular flexibility index (Phi) is 3.11. The second kappa shape index (κ2) is 4.41. The minimum absolute atomic E-state index is 0.0190. The van der Waals surface area contributed by atoms with Gasteiger partial charge in [-0.1, -0.05) is 6.07 Å². The molecule has 0 saturated heterocycles. The molecule has 17 heavy (non-hydrogen) atoms. The first-order chi connectivity index (χ1) is 8.00. The molecule has 5 heteroatoms. The maximum absolute atomic E-state index is 13.2. The fraction of sp³-hybridized carbons (Fsp3) is 0.417. The molecule has 0 spiro atoms. The van der Waals surface area contributed by atoms with E-state index in [0.29, 0.717) is 0 Å². The van der Waals surface area contributed by atoms with Gasteiger partial charge in [0.1, 0.15) is 17.3 Å². The summed E-state index contributed by atoms with van der Waals surface area (Å²) in [6.45, 7) is 2.06. The lowest BCUT2D eigenvalue weighted by Crippen LogP contribution is -2.36. The highest BCUT2D eigenvalue weighted by atomic mass is 19.1. The number of carbonyl (C=O) groups excluding carboxylic acids is 1. The number of hydrogen-bond donors (Lipinski definition) is 2. The molecule has 0 heterocycles. The van der Waals surface area contributed by atoms with Gasteiger partial charge >= 0.3 is 0 Å². The van der Waals surface area contributed by atoms with E-state index in [1.165, 1.54) is 6.07 Å². The molecule has 2 rings (SSSR count). The van der Waals surface area contributed by atoms with E-state index >= 15 is 0 Å². The van der Waals surface area contributed by atoms with E-state index in [4.69, 9.17) is 0 Å². The van der Waals surface area contributed by atoms with Gasteiger partial charge in [0, 0.05) is 5.54 Å². The summed E-state index contributed by atoms with van der Waals surface area (Å²) >= 11 is 0. The van der Waals surface area contributed by atoms with Crippen molar-refractivity contribution in [2.24, 2.45) is 0 Å². The van der Waals surface area contributed by atoms with Gasteiger partial charge in [-0.3, -0.25) is 4.79 Å². The highest BCUT2D eigenvalue weighted by Crippen LogP contribution is 2.33. The molecule has 1 amide bonds. The van der Waals surface area contributed by atoms with Crippen LogP contribution in [0.1, 0.15) is 19.8 Å². The molecule has 1 aromatic carbocycles. The average molecular weight is 240 g/mol. The minimum Gasteiger partial charge on any atom is -0.320 e. The SMILES string of the molecule is CC1(NCC(=O)Nc2c(F)cccc2F)CC1. The lowest BCUT2D eigenvalue weighted by Gasteiger charge is -2.12. The van der Waals surface area contributed by atoms with Crippen LogP contribution in [0.3, 0.4) is 0 Å². The third-order valence-electron chi connectivity index (χ3n) is 2.90. The monoisotopic (exact) mass is 240 g/mol. The standard InChI is InChI=1S/C12H14F2N2O/c1-12(5-6-12)15-7-10(17)16-11-8(13)3-2-4-9(11)14/h2-4,15H,5-7H2,1H3,(H,16,17). The minimum atomic E-state index is -0.768. The number of hydrogen-bond acceptors (Lipinski definition) is 2. The summed E-state index contributed by atoms with van der Waals surface area (Å²) in [7, 11) is 0.